The molecule has 0 bridgehead atoms. The molecule has 7 aromatic carbocycles. The van der Waals surface area contributed by atoms with Gasteiger partial charge in [-0.25, -0.2) is 0 Å². The van der Waals surface area contributed by atoms with Gasteiger partial charge in [0.25, 0.3) is 0 Å². The van der Waals surface area contributed by atoms with Crippen molar-refractivity contribution in [3.8, 4) is 33.4 Å². The third kappa shape index (κ3) is 3.14. The summed E-state index contributed by atoms with van der Waals surface area (Å²) in [5.74, 6) is 0. The van der Waals surface area contributed by atoms with Crippen molar-refractivity contribution < 1.29 is 0 Å². The lowest BCUT2D eigenvalue weighted by Gasteiger charge is -2.21. The van der Waals surface area contributed by atoms with E-state index in [1.54, 1.807) is 0 Å². The molecule has 1 nitrogen and oxygen atoms in total. The lowest BCUT2D eigenvalue weighted by atomic mass is 9.82. The molecule has 0 fully saturated rings. The molecule has 0 radical (unpaired) electrons. The molecule has 1 aromatic heterocycles. The highest BCUT2D eigenvalue weighted by atomic mass is 14.7. The largest absolute Gasteiger partial charge is 0.353 e. The maximum atomic E-state index is 3.89. The lowest BCUT2D eigenvalue weighted by molar-refractivity contribution is 0.660. The Labute approximate surface area is 245 Å². The maximum absolute atomic E-state index is 3.89. The number of hydrogen-bond acceptors (Lipinski definition) is 0. The maximum Gasteiger partial charge on any atom is 0.0551 e. The Morgan fingerprint density at radius 1 is 0.405 bits per heavy atom. The first-order chi connectivity index (χ1) is 20.6. The molecule has 1 N–H and O–H groups in total. The molecule has 0 saturated heterocycles. The van der Waals surface area contributed by atoms with Crippen molar-refractivity contribution in [3.63, 3.8) is 0 Å². The number of hydrogen-bond donors (Lipinski definition) is 1. The number of H-pyrrole nitrogens is 1. The lowest BCUT2D eigenvalue weighted by Crippen LogP contribution is -2.14. The van der Waals surface area contributed by atoms with Crippen LogP contribution in [0.25, 0.3) is 76.7 Å². The number of fused-ring (bicyclic) bond motifs is 11. The smallest absolute Gasteiger partial charge is 0.0551 e. The number of para-hydroxylation sites is 1. The van der Waals surface area contributed by atoms with Gasteiger partial charge in [0, 0.05) is 27.1 Å². The van der Waals surface area contributed by atoms with Crippen LogP contribution >= 0.6 is 0 Å². The Bertz CT molecular complexity index is 2380. The SMILES string of the molecule is CC1(C)c2ccccc2-c2cc(-c3cccc(-c4cccc5c4[nH]c4c6ccccc6c6ccccc6c54)c3)ccc21. The Morgan fingerprint density at radius 2 is 1.00 bits per heavy atom. The highest BCUT2D eigenvalue weighted by Crippen LogP contribution is 2.49. The van der Waals surface area contributed by atoms with Gasteiger partial charge in [-0.15, -0.1) is 0 Å². The van der Waals surface area contributed by atoms with Gasteiger partial charge in [-0.1, -0.05) is 135 Å². The first-order valence-corrected chi connectivity index (χ1v) is 14.8. The van der Waals surface area contributed by atoms with Gasteiger partial charge in [0.15, 0.2) is 0 Å². The van der Waals surface area contributed by atoms with Crippen LogP contribution in [0.5, 0.6) is 0 Å². The first-order valence-electron chi connectivity index (χ1n) is 14.8. The molecule has 1 heterocycles. The molecule has 9 rings (SSSR count). The zero-order chi connectivity index (χ0) is 28.0. The molecule has 8 aromatic rings. The Hall–Kier alpha value is -5.14. The standard InChI is InChI=1S/C41H29N/c1-41(2)36-20-8-7-15-31(36)35-24-26(21-22-37(35)41)25-11-9-12-27(23-25)28-18-10-19-34-38-32-16-5-3-13-29(32)30-14-4-6-17-33(30)40(38)42-39(28)34/h3-24,42H,1-2H3. The minimum atomic E-state index is 0.0198. The summed E-state index contributed by atoms with van der Waals surface area (Å²) in [6.07, 6.45) is 0. The van der Waals surface area contributed by atoms with Gasteiger partial charge in [-0.05, 0) is 67.2 Å². The molecule has 0 unspecified atom stereocenters. The number of rotatable bonds is 2. The van der Waals surface area contributed by atoms with Crippen molar-refractivity contribution in [3.05, 3.63) is 145 Å². The average molecular weight is 536 g/mol. The molecule has 1 aliphatic rings. The van der Waals surface area contributed by atoms with Crippen LogP contribution in [0.3, 0.4) is 0 Å². The van der Waals surface area contributed by atoms with Crippen LogP contribution in [-0.2, 0) is 5.41 Å². The topological polar surface area (TPSA) is 15.8 Å². The third-order valence-corrected chi connectivity index (χ3v) is 9.61. The van der Waals surface area contributed by atoms with E-state index in [0.717, 1.165) is 0 Å². The molecule has 1 heteroatoms. The fraction of sp³-hybridized carbons (Fsp3) is 0.0732. The fourth-order valence-corrected chi connectivity index (χ4v) is 7.58. The van der Waals surface area contributed by atoms with Gasteiger partial charge in [0.2, 0.25) is 0 Å². The highest BCUT2D eigenvalue weighted by molar-refractivity contribution is 6.32. The number of aromatic nitrogens is 1. The molecular weight excluding hydrogens is 506 g/mol. The van der Waals surface area contributed by atoms with Crippen LogP contribution in [0.2, 0.25) is 0 Å². The summed E-state index contributed by atoms with van der Waals surface area (Å²) in [7, 11) is 0. The normalized spacial score (nSPS) is 13.7. The summed E-state index contributed by atoms with van der Waals surface area (Å²) in [6, 6.07) is 49.2. The fourth-order valence-electron chi connectivity index (χ4n) is 7.58. The van der Waals surface area contributed by atoms with Crippen LogP contribution in [0.1, 0.15) is 25.0 Å². The monoisotopic (exact) mass is 535 g/mol. The summed E-state index contributed by atoms with van der Waals surface area (Å²) >= 11 is 0. The summed E-state index contributed by atoms with van der Waals surface area (Å²) in [4.78, 5) is 3.89. The van der Waals surface area contributed by atoms with Gasteiger partial charge in [-0.2, -0.15) is 0 Å². The van der Waals surface area contributed by atoms with E-state index in [1.165, 1.54) is 87.9 Å². The second kappa shape index (κ2) is 8.44. The van der Waals surface area contributed by atoms with E-state index in [1.807, 2.05) is 0 Å². The third-order valence-electron chi connectivity index (χ3n) is 9.61. The minimum absolute atomic E-state index is 0.0198. The zero-order valence-corrected chi connectivity index (χ0v) is 23.7. The molecular formula is C41H29N. The quantitative estimate of drug-likeness (QED) is 0.212. The van der Waals surface area contributed by atoms with E-state index in [9.17, 15) is 0 Å². The number of nitrogens with one attached hydrogen (secondary N) is 1. The molecule has 198 valence electrons. The highest BCUT2D eigenvalue weighted by Gasteiger charge is 2.35. The van der Waals surface area contributed by atoms with Gasteiger partial charge in [0.1, 0.15) is 0 Å². The predicted octanol–water partition coefficient (Wildman–Crippen LogP) is 11.3. The van der Waals surface area contributed by atoms with Crippen molar-refractivity contribution in [2.45, 2.75) is 19.3 Å². The van der Waals surface area contributed by atoms with Crippen LogP contribution in [-0.4, -0.2) is 4.98 Å². The van der Waals surface area contributed by atoms with Crippen molar-refractivity contribution in [2.75, 3.05) is 0 Å². The molecule has 0 amide bonds. The predicted molar refractivity (Wildman–Crippen MR) is 179 cm³/mol. The molecule has 0 aliphatic heterocycles. The second-order valence-electron chi connectivity index (χ2n) is 12.2. The summed E-state index contributed by atoms with van der Waals surface area (Å²) in [5, 5.41) is 7.73. The minimum Gasteiger partial charge on any atom is -0.353 e. The Kier molecular flexibility index (Phi) is 4.73. The van der Waals surface area contributed by atoms with Crippen molar-refractivity contribution in [1.82, 2.24) is 4.98 Å². The van der Waals surface area contributed by atoms with Gasteiger partial charge < -0.3 is 4.98 Å². The van der Waals surface area contributed by atoms with Crippen molar-refractivity contribution >= 4 is 43.4 Å². The summed E-state index contributed by atoms with van der Waals surface area (Å²) in [5.41, 5.74) is 12.9. The van der Waals surface area contributed by atoms with E-state index in [-0.39, 0.29) is 5.41 Å². The van der Waals surface area contributed by atoms with Crippen LogP contribution in [0.4, 0.5) is 0 Å². The Balaban J connectivity index is 1.25. The van der Waals surface area contributed by atoms with Gasteiger partial charge in [-0.3, -0.25) is 0 Å². The van der Waals surface area contributed by atoms with Gasteiger partial charge in [0.05, 0.1) is 11.0 Å². The molecule has 0 spiro atoms. The second-order valence-corrected chi connectivity index (χ2v) is 12.2. The Morgan fingerprint density at radius 3 is 1.86 bits per heavy atom. The van der Waals surface area contributed by atoms with E-state index < -0.39 is 0 Å². The number of aromatic amines is 1. The van der Waals surface area contributed by atoms with E-state index in [4.69, 9.17) is 0 Å². The molecule has 1 aliphatic carbocycles. The van der Waals surface area contributed by atoms with Crippen LogP contribution < -0.4 is 0 Å². The van der Waals surface area contributed by atoms with Crippen molar-refractivity contribution in [1.29, 1.82) is 0 Å². The average Bonchev–Trinajstić information content (AvgIpc) is 3.55. The molecule has 0 saturated carbocycles. The van der Waals surface area contributed by atoms with E-state index >= 15 is 0 Å². The van der Waals surface area contributed by atoms with E-state index in [0.29, 0.717) is 0 Å². The summed E-state index contributed by atoms with van der Waals surface area (Å²) < 4.78 is 0. The van der Waals surface area contributed by atoms with E-state index in [2.05, 4.69) is 152 Å². The van der Waals surface area contributed by atoms with Crippen LogP contribution in [0.15, 0.2) is 133 Å². The van der Waals surface area contributed by atoms with Gasteiger partial charge >= 0.3 is 0 Å². The molecule has 42 heavy (non-hydrogen) atoms. The van der Waals surface area contributed by atoms with Crippen molar-refractivity contribution in [2.24, 2.45) is 0 Å². The molecule has 0 atom stereocenters. The first kappa shape index (κ1) is 23.6. The number of benzene rings is 7. The zero-order valence-electron chi connectivity index (χ0n) is 23.7. The summed E-state index contributed by atoms with van der Waals surface area (Å²) in [6.45, 7) is 4.68. The van der Waals surface area contributed by atoms with Crippen LogP contribution in [0, 0.1) is 0 Å².